The lowest BCUT2D eigenvalue weighted by atomic mass is 10.1. The molecule has 1 aromatic rings. The van der Waals surface area contributed by atoms with E-state index in [2.05, 4.69) is 27.3 Å². The maximum absolute atomic E-state index is 11.8. The van der Waals surface area contributed by atoms with Crippen molar-refractivity contribution >= 4 is 21.8 Å². The van der Waals surface area contributed by atoms with Crippen molar-refractivity contribution in [3.8, 4) is 5.75 Å². The highest BCUT2D eigenvalue weighted by molar-refractivity contribution is 9.10. The Labute approximate surface area is 126 Å². The van der Waals surface area contributed by atoms with E-state index in [0.717, 1.165) is 22.2 Å². The Bertz CT molecular complexity index is 490. The highest BCUT2D eigenvalue weighted by Gasteiger charge is 2.18. The van der Waals surface area contributed by atoms with Gasteiger partial charge in [-0.25, -0.2) is 0 Å². The van der Waals surface area contributed by atoms with Crippen LogP contribution in [0.25, 0.3) is 0 Å². The fourth-order valence-corrected chi connectivity index (χ4v) is 2.77. The van der Waals surface area contributed by atoms with Gasteiger partial charge in [-0.1, -0.05) is 15.9 Å². The van der Waals surface area contributed by atoms with Gasteiger partial charge in [0.2, 0.25) is 5.91 Å². The molecule has 0 radical (unpaired) electrons. The molecular formula is C14H19BrN2O3. The van der Waals surface area contributed by atoms with Gasteiger partial charge in [0.25, 0.3) is 0 Å². The van der Waals surface area contributed by atoms with Crippen molar-refractivity contribution in [2.75, 3.05) is 20.3 Å². The van der Waals surface area contributed by atoms with Crippen LogP contribution in [0.5, 0.6) is 5.75 Å². The summed E-state index contributed by atoms with van der Waals surface area (Å²) in [5.74, 6) is 0.824. The van der Waals surface area contributed by atoms with Gasteiger partial charge in [-0.3, -0.25) is 4.79 Å². The van der Waals surface area contributed by atoms with Gasteiger partial charge in [0.15, 0.2) is 0 Å². The van der Waals surface area contributed by atoms with Gasteiger partial charge in [-0.05, 0) is 17.7 Å². The number of nitrogens with two attached hydrogens (primary N) is 1. The van der Waals surface area contributed by atoms with Crippen molar-refractivity contribution in [2.24, 2.45) is 5.73 Å². The third-order valence-corrected chi connectivity index (χ3v) is 3.77. The number of hydrogen-bond donors (Lipinski definition) is 2. The first-order chi connectivity index (χ1) is 9.63. The third kappa shape index (κ3) is 3.71. The molecule has 0 fully saturated rings. The summed E-state index contributed by atoms with van der Waals surface area (Å²) in [5.41, 5.74) is 7.67. The van der Waals surface area contributed by atoms with Crippen LogP contribution in [0, 0.1) is 0 Å². The van der Waals surface area contributed by atoms with Crippen LogP contribution in [0.4, 0.5) is 0 Å². The molecule has 1 aromatic carbocycles. The monoisotopic (exact) mass is 342 g/mol. The Kier molecular flexibility index (Phi) is 5.39. The minimum Gasteiger partial charge on any atom is -0.493 e. The smallest absolute Gasteiger partial charge is 0.222 e. The van der Waals surface area contributed by atoms with Gasteiger partial charge in [-0.2, -0.15) is 0 Å². The number of rotatable bonds is 6. The third-order valence-electron chi connectivity index (χ3n) is 3.31. The first-order valence-corrected chi connectivity index (χ1v) is 7.37. The summed E-state index contributed by atoms with van der Waals surface area (Å²) in [4.78, 5) is 11.8. The van der Waals surface area contributed by atoms with E-state index in [1.807, 2.05) is 6.07 Å². The van der Waals surface area contributed by atoms with Crippen LogP contribution in [-0.2, 0) is 22.5 Å². The highest BCUT2D eigenvalue weighted by Crippen LogP contribution is 2.32. The van der Waals surface area contributed by atoms with Gasteiger partial charge < -0.3 is 20.5 Å². The maximum atomic E-state index is 11.8. The summed E-state index contributed by atoms with van der Waals surface area (Å²) in [5, 5.41) is 2.88. The molecule has 1 aliphatic rings. The largest absolute Gasteiger partial charge is 0.493 e. The molecule has 0 bridgehead atoms. The molecule has 1 amide bonds. The summed E-state index contributed by atoms with van der Waals surface area (Å²) in [6.07, 6.45) is 0.943. The molecule has 0 spiro atoms. The second-order valence-electron chi connectivity index (χ2n) is 4.73. The van der Waals surface area contributed by atoms with Crippen molar-refractivity contribution in [1.29, 1.82) is 0 Å². The summed E-state index contributed by atoms with van der Waals surface area (Å²) in [6.45, 7) is 1.48. The van der Waals surface area contributed by atoms with E-state index in [-0.39, 0.29) is 18.4 Å². The number of ether oxygens (including phenoxy) is 2. The predicted molar refractivity (Wildman–Crippen MR) is 79.7 cm³/mol. The Morgan fingerprint density at radius 1 is 1.60 bits per heavy atom. The van der Waals surface area contributed by atoms with E-state index < -0.39 is 0 Å². The number of benzene rings is 1. The lowest BCUT2D eigenvalue weighted by Gasteiger charge is -2.14. The predicted octanol–water partition coefficient (Wildman–Crippen LogP) is 1.36. The quantitative estimate of drug-likeness (QED) is 0.818. The lowest BCUT2D eigenvalue weighted by molar-refractivity contribution is -0.123. The van der Waals surface area contributed by atoms with Crippen LogP contribution in [0.15, 0.2) is 16.6 Å². The second kappa shape index (κ2) is 7.06. The number of amides is 1. The molecule has 0 saturated heterocycles. The molecule has 1 unspecified atom stereocenters. The van der Waals surface area contributed by atoms with Crippen molar-refractivity contribution in [2.45, 2.75) is 25.5 Å². The van der Waals surface area contributed by atoms with Crippen LogP contribution in [-0.4, -0.2) is 32.3 Å². The van der Waals surface area contributed by atoms with Crippen molar-refractivity contribution in [3.05, 3.63) is 27.7 Å². The molecule has 1 atom stereocenters. The average molecular weight is 343 g/mol. The van der Waals surface area contributed by atoms with Crippen LogP contribution in [0.1, 0.15) is 17.5 Å². The number of fused-ring (bicyclic) bond motifs is 1. The van der Waals surface area contributed by atoms with Crippen LogP contribution >= 0.6 is 15.9 Å². The molecule has 0 aliphatic carbocycles. The molecule has 2 rings (SSSR count). The van der Waals surface area contributed by atoms with E-state index in [4.69, 9.17) is 15.2 Å². The Hall–Kier alpha value is -1.11. The van der Waals surface area contributed by atoms with Crippen LogP contribution < -0.4 is 15.8 Å². The molecule has 20 heavy (non-hydrogen) atoms. The van der Waals surface area contributed by atoms with Gasteiger partial charge in [-0.15, -0.1) is 0 Å². The molecule has 1 aliphatic heterocycles. The number of carbonyl (C=O) groups excluding carboxylic acids is 1. The fraction of sp³-hybridized carbons (Fsp3) is 0.500. The van der Waals surface area contributed by atoms with Gasteiger partial charge in [0, 0.05) is 36.7 Å². The summed E-state index contributed by atoms with van der Waals surface area (Å²) >= 11 is 3.48. The molecule has 0 aromatic heterocycles. The fourth-order valence-electron chi connectivity index (χ4n) is 2.21. The molecule has 5 nitrogen and oxygen atoms in total. The van der Waals surface area contributed by atoms with Crippen LogP contribution in [0.3, 0.4) is 0 Å². The van der Waals surface area contributed by atoms with Gasteiger partial charge in [0.05, 0.1) is 19.1 Å². The normalized spacial score (nSPS) is 14.6. The first-order valence-electron chi connectivity index (χ1n) is 6.57. The maximum Gasteiger partial charge on any atom is 0.222 e. The topological polar surface area (TPSA) is 73.6 Å². The summed E-state index contributed by atoms with van der Waals surface area (Å²) in [6, 6.07) is 4.03. The first kappa shape index (κ1) is 15.3. The van der Waals surface area contributed by atoms with E-state index in [9.17, 15) is 4.79 Å². The van der Waals surface area contributed by atoms with E-state index in [1.54, 1.807) is 7.11 Å². The minimum absolute atomic E-state index is 0.0750. The lowest BCUT2D eigenvalue weighted by Crippen LogP contribution is -2.32. The van der Waals surface area contributed by atoms with Gasteiger partial charge >= 0.3 is 0 Å². The molecule has 0 saturated carbocycles. The zero-order chi connectivity index (χ0) is 14.5. The number of methoxy groups -OCH3 is 1. The number of carbonyl (C=O) groups is 1. The zero-order valence-corrected chi connectivity index (χ0v) is 13.0. The van der Waals surface area contributed by atoms with Gasteiger partial charge in [0.1, 0.15) is 5.75 Å². The van der Waals surface area contributed by atoms with Crippen molar-refractivity contribution in [3.63, 3.8) is 0 Å². The Morgan fingerprint density at radius 3 is 3.10 bits per heavy atom. The minimum atomic E-state index is -0.237. The highest BCUT2D eigenvalue weighted by atomic mass is 79.9. The zero-order valence-electron chi connectivity index (χ0n) is 11.4. The molecule has 1 heterocycles. The number of hydrogen-bond acceptors (Lipinski definition) is 4. The van der Waals surface area contributed by atoms with E-state index in [1.165, 1.54) is 5.56 Å². The number of nitrogens with one attached hydrogen (secondary N) is 1. The molecule has 3 N–H and O–H groups in total. The molecule has 110 valence electrons. The molecule has 6 heteroatoms. The Balaban J connectivity index is 1.96. The van der Waals surface area contributed by atoms with E-state index in [0.29, 0.717) is 19.7 Å². The van der Waals surface area contributed by atoms with Crippen molar-refractivity contribution in [1.82, 2.24) is 5.32 Å². The summed E-state index contributed by atoms with van der Waals surface area (Å²) < 4.78 is 11.7. The standard InChI is InChI=1S/C14H19BrN2O3/c1-19-12(7-16)6-13(18)17-8-10-5-11(15)4-9-2-3-20-14(9)10/h4-5,12H,2-3,6-8,16H2,1H3,(H,17,18). The second-order valence-corrected chi connectivity index (χ2v) is 5.64. The van der Waals surface area contributed by atoms with Crippen molar-refractivity contribution < 1.29 is 14.3 Å². The summed E-state index contributed by atoms with van der Waals surface area (Å²) in [7, 11) is 1.56. The average Bonchev–Trinajstić information content (AvgIpc) is 2.90. The molecular weight excluding hydrogens is 324 g/mol. The number of halogens is 1. The SMILES string of the molecule is COC(CN)CC(=O)NCc1cc(Br)cc2c1OCC2. The van der Waals surface area contributed by atoms with E-state index >= 15 is 0 Å². The van der Waals surface area contributed by atoms with Crippen LogP contribution in [0.2, 0.25) is 0 Å². The Morgan fingerprint density at radius 2 is 2.40 bits per heavy atom.